The number of aromatic nitrogens is 1. The fourth-order valence-corrected chi connectivity index (χ4v) is 3.94. The molecule has 5 heteroatoms. The predicted octanol–water partition coefficient (Wildman–Crippen LogP) is 4.95. The highest BCUT2D eigenvalue weighted by atomic mass is 32.1. The zero-order valence-electron chi connectivity index (χ0n) is 14.8. The molecule has 0 unspecified atom stereocenters. The van der Waals surface area contributed by atoms with E-state index in [1.807, 2.05) is 24.4 Å². The van der Waals surface area contributed by atoms with Crippen molar-refractivity contribution in [3.05, 3.63) is 45.9 Å². The van der Waals surface area contributed by atoms with Crippen molar-refractivity contribution in [3.63, 3.8) is 0 Å². The van der Waals surface area contributed by atoms with E-state index in [1.165, 1.54) is 5.56 Å². The van der Waals surface area contributed by atoms with E-state index >= 15 is 0 Å². The largest absolute Gasteiger partial charge is 0.326 e. The van der Waals surface area contributed by atoms with Crippen molar-refractivity contribution in [2.75, 3.05) is 5.32 Å². The van der Waals surface area contributed by atoms with Gasteiger partial charge in [0, 0.05) is 16.8 Å². The Bertz CT molecular complexity index is 724. The zero-order chi connectivity index (χ0) is 17.4. The number of nitrogens with one attached hydrogen (secondary N) is 2. The van der Waals surface area contributed by atoms with Gasteiger partial charge in [-0.2, -0.15) is 0 Å². The van der Waals surface area contributed by atoms with Crippen LogP contribution >= 0.6 is 11.3 Å². The van der Waals surface area contributed by atoms with E-state index in [0.29, 0.717) is 0 Å². The number of benzene rings is 1. The fourth-order valence-electron chi connectivity index (χ4n) is 2.93. The summed E-state index contributed by atoms with van der Waals surface area (Å²) >= 11 is 1.63. The number of carbonyl (C=O) groups is 1. The molecule has 3 rings (SSSR count). The van der Waals surface area contributed by atoms with Gasteiger partial charge < -0.3 is 10.6 Å². The lowest BCUT2D eigenvalue weighted by atomic mass is 9.77. The highest BCUT2D eigenvalue weighted by Crippen LogP contribution is 2.42. The number of hydrogen-bond acceptors (Lipinski definition) is 3. The summed E-state index contributed by atoms with van der Waals surface area (Å²) in [6.45, 7) is 8.53. The van der Waals surface area contributed by atoms with Crippen molar-refractivity contribution < 1.29 is 4.79 Å². The molecule has 1 aromatic heterocycles. The van der Waals surface area contributed by atoms with Crippen LogP contribution in [0.3, 0.4) is 0 Å². The molecule has 0 aliphatic heterocycles. The van der Waals surface area contributed by atoms with Gasteiger partial charge in [0.05, 0.1) is 5.54 Å². The van der Waals surface area contributed by atoms with E-state index < -0.39 is 0 Å². The molecule has 4 nitrogen and oxygen atoms in total. The van der Waals surface area contributed by atoms with Crippen molar-refractivity contribution in [2.45, 2.75) is 57.9 Å². The number of thiazole rings is 1. The average Bonchev–Trinajstić information content (AvgIpc) is 2.89. The lowest BCUT2D eigenvalue weighted by Gasteiger charge is -2.40. The number of aryl methyl sites for hydroxylation is 1. The highest BCUT2D eigenvalue weighted by molar-refractivity contribution is 7.09. The molecule has 1 fully saturated rings. The molecular weight excluding hydrogens is 318 g/mol. The number of nitrogens with zero attached hydrogens (tertiary/aromatic N) is 1. The molecule has 0 spiro atoms. The Kier molecular flexibility index (Phi) is 4.38. The third-order valence-corrected chi connectivity index (χ3v) is 5.76. The SMILES string of the molecule is Cc1csc(C2(NC(=O)Nc3ccc(C(C)(C)C)cc3)CCC2)n1. The van der Waals surface area contributed by atoms with Crippen LogP contribution in [0.1, 0.15) is 56.3 Å². The minimum absolute atomic E-state index is 0.111. The van der Waals surface area contributed by atoms with Crippen molar-refractivity contribution >= 4 is 23.1 Å². The number of carbonyl (C=O) groups excluding carboxylic acids is 1. The van der Waals surface area contributed by atoms with Crippen LogP contribution < -0.4 is 10.6 Å². The molecule has 24 heavy (non-hydrogen) atoms. The fraction of sp³-hybridized carbons (Fsp3) is 0.474. The second kappa shape index (κ2) is 6.20. The minimum atomic E-state index is -0.283. The van der Waals surface area contributed by atoms with Crippen LogP contribution in [0, 0.1) is 6.92 Å². The number of urea groups is 1. The van der Waals surface area contributed by atoms with Crippen molar-refractivity contribution in [3.8, 4) is 0 Å². The summed E-state index contributed by atoms with van der Waals surface area (Å²) in [6, 6.07) is 7.89. The summed E-state index contributed by atoms with van der Waals surface area (Å²) in [7, 11) is 0. The first-order valence-electron chi connectivity index (χ1n) is 8.41. The van der Waals surface area contributed by atoms with Gasteiger partial charge in [-0.3, -0.25) is 0 Å². The smallest absolute Gasteiger partial charge is 0.320 e. The van der Waals surface area contributed by atoms with E-state index in [0.717, 1.165) is 35.7 Å². The number of anilines is 1. The first-order valence-corrected chi connectivity index (χ1v) is 9.29. The van der Waals surface area contributed by atoms with Crippen LogP contribution in [-0.4, -0.2) is 11.0 Å². The van der Waals surface area contributed by atoms with Crippen molar-refractivity contribution in [2.24, 2.45) is 0 Å². The van der Waals surface area contributed by atoms with Gasteiger partial charge >= 0.3 is 6.03 Å². The Hall–Kier alpha value is -1.88. The molecule has 2 amide bonds. The summed E-state index contributed by atoms with van der Waals surface area (Å²) in [6.07, 6.45) is 3.03. The molecular formula is C19H25N3OS. The molecule has 0 atom stereocenters. The van der Waals surface area contributed by atoms with Gasteiger partial charge in [-0.1, -0.05) is 32.9 Å². The first-order chi connectivity index (χ1) is 11.3. The van der Waals surface area contributed by atoms with Crippen LogP contribution in [0.15, 0.2) is 29.6 Å². The highest BCUT2D eigenvalue weighted by Gasteiger charge is 2.42. The van der Waals surface area contributed by atoms with Gasteiger partial charge in [0.15, 0.2) is 0 Å². The molecule has 2 N–H and O–H groups in total. The van der Waals surface area contributed by atoms with Gasteiger partial charge in [-0.05, 0) is 49.3 Å². The van der Waals surface area contributed by atoms with Gasteiger partial charge in [0.25, 0.3) is 0 Å². The summed E-state index contributed by atoms with van der Waals surface area (Å²) < 4.78 is 0. The van der Waals surface area contributed by atoms with Crippen LogP contribution in [0.2, 0.25) is 0 Å². The van der Waals surface area contributed by atoms with Crippen LogP contribution in [0.4, 0.5) is 10.5 Å². The maximum atomic E-state index is 12.4. The second-order valence-corrected chi connectivity index (χ2v) is 8.49. The minimum Gasteiger partial charge on any atom is -0.326 e. The molecule has 1 saturated carbocycles. The quantitative estimate of drug-likeness (QED) is 0.828. The van der Waals surface area contributed by atoms with Crippen LogP contribution in [0.25, 0.3) is 0 Å². The number of hydrogen-bond donors (Lipinski definition) is 2. The summed E-state index contributed by atoms with van der Waals surface area (Å²) in [4.78, 5) is 17.0. The molecule has 0 radical (unpaired) electrons. The summed E-state index contributed by atoms with van der Waals surface area (Å²) in [5, 5.41) is 9.16. The van der Waals surface area contributed by atoms with Gasteiger partial charge in [0.1, 0.15) is 5.01 Å². The lowest BCUT2D eigenvalue weighted by Crippen LogP contribution is -2.52. The van der Waals surface area contributed by atoms with E-state index in [1.54, 1.807) is 11.3 Å². The van der Waals surface area contributed by atoms with Crippen molar-refractivity contribution in [1.82, 2.24) is 10.3 Å². The van der Waals surface area contributed by atoms with Gasteiger partial charge in [0.2, 0.25) is 0 Å². The predicted molar refractivity (Wildman–Crippen MR) is 99.7 cm³/mol. The first kappa shape index (κ1) is 17.0. The molecule has 128 valence electrons. The molecule has 1 heterocycles. The normalized spacial score (nSPS) is 16.3. The third kappa shape index (κ3) is 3.46. The lowest BCUT2D eigenvalue weighted by molar-refractivity contribution is 0.184. The molecule has 1 aliphatic carbocycles. The Morgan fingerprint density at radius 3 is 2.33 bits per heavy atom. The van der Waals surface area contributed by atoms with Crippen molar-refractivity contribution in [1.29, 1.82) is 0 Å². The van der Waals surface area contributed by atoms with E-state index in [4.69, 9.17) is 0 Å². The Morgan fingerprint density at radius 1 is 1.21 bits per heavy atom. The monoisotopic (exact) mass is 343 g/mol. The van der Waals surface area contributed by atoms with E-state index in [-0.39, 0.29) is 17.0 Å². The third-order valence-electron chi connectivity index (χ3n) is 4.60. The zero-order valence-corrected chi connectivity index (χ0v) is 15.6. The second-order valence-electron chi connectivity index (χ2n) is 7.64. The van der Waals surface area contributed by atoms with Gasteiger partial charge in [-0.15, -0.1) is 11.3 Å². The molecule has 0 saturated heterocycles. The number of amides is 2. The Labute approximate surface area is 147 Å². The number of rotatable bonds is 3. The topological polar surface area (TPSA) is 54.0 Å². The van der Waals surface area contributed by atoms with E-state index in [2.05, 4.69) is 48.5 Å². The molecule has 2 aromatic rings. The summed E-state index contributed by atoms with van der Waals surface area (Å²) in [5.41, 5.74) is 2.90. The average molecular weight is 343 g/mol. The maximum Gasteiger partial charge on any atom is 0.320 e. The Balaban J connectivity index is 1.67. The molecule has 0 bridgehead atoms. The Morgan fingerprint density at radius 2 is 1.88 bits per heavy atom. The maximum absolute atomic E-state index is 12.4. The standard InChI is InChI=1S/C19H25N3OS/c1-13-12-24-16(20-13)19(10-5-11-19)22-17(23)21-15-8-6-14(7-9-15)18(2,3)4/h6-9,12H,5,10-11H2,1-4H3,(H2,21,22,23). The van der Waals surface area contributed by atoms with Crippen LogP contribution in [-0.2, 0) is 11.0 Å². The van der Waals surface area contributed by atoms with Crippen LogP contribution in [0.5, 0.6) is 0 Å². The van der Waals surface area contributed by atoms with Gasteiger partial charge in [-0.25, -0.2) is 9.78 Å². The summed E-state index contributed by atoms with van der Waals surface area (Å²) in [5.74, 6) is 0. The molecule has 1 aromatic carbocycles. The molecule has 1 aliphatic rings. The van der Waals surface area contributed by atoms with E-state index in [9.17, 15) is 4.79 Å².